The summed E-state index contributed by atoms with van der Waals surface area (Å²) in [5.41, 5.74) is 5.93. The van der Waals surface area contributed by atoms with Gasteiger partial charge in [0.05, 0.1) is 0 Å². The molecule has 2 aliphatic carbocycles. The first kappa shape index (κ1) is 15.7. The monoisotopic (exact) mass is 353 g/mol. The number of benzene rings is 2. The molecule has 3 nitrogen and oxygen atoms in total. The quantitative estimate of drug-likeness (QED) is 0.708. The summed E-state index contributed by atoms with van der Waals surface area (Å²) in [6.07, 6.45) is 4.64. The van der Waals surface area contributed by atoms with E-state index in [4.69, 9.17) is 9.05 Å². The van der Waals surface area contributed by atoms with Crippen LogP contribution >= 0.6 is 8.53 Å². The maximum absolute atomic E-state index is 6.55. The van der Waals surface area contributed by atoms with Gasteiger partial charge in [0.15, 0.2) is 0 Å². The maximum atomic E-state index is 6.55. The molecule has 5 rings (SSSR count). The van der Waals surface area contributed by atoms with E-state index < -0.39 is 8.53 Å². The van der Waals surface area contributed by atoms with Gasteiger partial charge in [-0.25, -0.2) is 4.67 Å². The smallest absolute Gasteiger partial charge is 0.384 e. The molecule has 0 atom stereocenters. The fraction of sp³-hybridized carbons (Fsp3) is 0.429. The highest BCUT2D eigenvalue weighted by Gasteiger charge is 2.50. The van der Waals surface area contributed by atoms with E-state index in [1.54, 1.807) is 0 Å². The summed E-state index contributed by atoms with van der Waals surface area (Å²) in [6, 6.07) is 13.2. The number of rotatable bonds is 3. The molecule has 1 aliphatic heterocycles. The molecule has 1 heterocycles. The van der Waals surface area contributed by atoms with E-state index >= 15 is 0 Å². The zero-order chi connectivity index (χ0) is 17.0. The van der Waals surface area contributed by atoms with Crippen LogP contribution in [0.15, 0.2) is 36.4 Å². The van der Waals surface area contributed by atoms with Crippen LogP contribution in [0.1, 0.15) is 48.9 Å². The van der Waals surface area contributed by atoms with Crippen molar-refractivity contribution in [1.82, 2.24) is 4.67 Å². The van der Waals surface area contributed by atoms with Gasteiger partial charge >= 0.3 is 8.53 Å². The predicted molar refractivity (Wildman–Crippen MR) is 101 cm³/mol. The minimum absolute atomic E-state index is 0.0997. The minimum atomic E-state index is -1.13. The number of aryl methyl sites for hydroxylation is 2. The minimum Gasteiger partial charge on any atom is -0.427 e. The van der Waals surface area contributed by atoms with Gasteiger partial charge in [-0.05, 0) is 48.9 Å². The lowest BCUT2D eigenvalue weighted by atomic mass is 9.76. The SMILES string of the molecule is CCN(CC)P1Oc2cccc3c2C2(CC3)CCc3cccc(c32)O1. The Bertz CT molecular complexity index is 767. The summed E-state index contributed by atoms with van der Waals surface area (Å²) in [7, 11) is -1.13. The van der Waals surface area contributed by atoms with Crippen molar-refractivity contribution in [3.05, 3.63) is 58.7 Å². The van der Waals surface area contributed by atoms with Crippen molar-refractivity contribution < 1.29 is 9.05 Å². The lowest BCUT2D eigenvalue weighted by molar-refractivity contribution is 0.354. The van der Waals surface area contributed by atoms with Gasteiger partial charge in [0.1, 0.15) is 11.5 Å². The van der Waals surface area contributed by atoms with Crippen LogP contribution in [0, 0.1) is 0 Å². The molecule has 2 aromatic carbocycles. The molecular formula is C21H24NO2P. The van der Waals surface area contributed by atoms with Crippen LogP contribution in [-0.2, 0) is 18.3 Å². The third kappa shape index (κ3) is 2.12. The van der Waals surface area contributed by atoms with E-state index in [2.05, 4.69) is 54.9 Å². The normalized spacial score (nSPS) is 19.6. The lowest BCUT2D eigenvalue weighted by Gasteiger charge is -2.36. The number of nitrogens with zero attached hydrogens (tertiary/aromatic N) is 1. The summed E-state index contributed by atoms with van der Waals surface area (Å²) in [4.78, 5) is 0. The lowest BCUT2D eigenvalue weighted by Crippen LogP contribution is -2.28. The first-order valence-corrected chi connectivity index (χ1v) is 10.6. The Morgan fingerprint density at radius 3 is 1.88 bits per heavy atom. The van der Waals surface area contributed by atoms with E-state index in [0.29, 0.717) is 0 Å². The first-order chi connectivity index (χ1) is 12.3. The summed E-state index contributed by atoms with van der Waals surface area (Å²) in [5, 5.41) is 0. The molecule has 0 saturated heterocycles. The van der Waals surface area contributed by atoms with E-state index in [1.165, 1.54) is 35.1 Å². The molecule has 0 aromatic heterocycles. The number of hydrogen-bond acceptors (Lipinski definition) is 3. The van der Waals surface area contributed by atoms with Crippen LogP contribution in [-0.4, -0.2) is 17.8 Å². The summed E-state index contributed by atoms with van der Waals surface area (Å²) in [6.45, 7) is 6.20. The molecule has 130 valence electrons. The Labute approximate surface area is 150 Å². The van der Waals surface area contributed by atoms with E-state index in [0.717, 1.165) is 37.4 Å². The molecule has 25 heavy (non-hydrogen) atoms. The fourth-order valence-corrected chi connectivity index (χ4v) is 6.38. The topological polar surface area (TPSA) is 21.7 Å². The molecule has 0 bridgehead atoms. The van der Waals surface area contributed by atoms with Gasteiger partial charge in [-0.15, -0.1) is 0 Å². The highest BCUT2D eigenvalue weighted by Crippen LogP contribution is 2.61. The Kier molecular flexibility index (Phi) is 3.59. The average molecular weight is 353 g/mol. The van der Waals surface area contributed by atoms with Crippen molar-refractivity contribution in [2.75, 3.05) is 13.1 Å². The zero-order valence-corrected chi connectivity index (χ0v) is 15.8. The average Bonchev–Trinajstić information content (AvgIpc) is 3.19. The summed E-state index contributed by atoms with van der Waals surface area (Å²) < 4.78 is 15.4. The Hall–Kier alpha value is -1.57. The van der Waals surface area contributed by atoms with Gasteiger partial charge in [-0.3, -0.25) is 0 Å². The van der Waals surface area contributed by atoms with Gasteiger partial charge in [-0.1, -0.05) is 38.1 Å². The summed E-state index contributed by atoms with van der Waals surface area (Å²) >= 11 is 0. The third-order valence-electron chi connectivity index (χ3n) is 6.14. The van der Waals surface area contributed by atoms with E-state index in [1.807, 2.05) is 0 Å². The number of hydrogen-bond donors (Lipinski definition) is 0. The van der Waals surface area contributed by atoms with Crippen LogP contribution in [0.2, 0.25) is 0 Å². The van der Waals surface area contributed by atoms with Crippen LogP contribution in [0.3, 0.4) is 0 Å². The molecule has 0 unspecified atom stereocenters. The molecule has 0 fully saturated rings. The second-order valence-electron chi connectivity index (χ2n) is 7.22. The highest BCUT2D eigenvalue weighted by molar-refractivity contribution is 7.45. The van der Waals surface area contributed by atoms with Gasteiger partial charge in [0.25, 0.3) is 0 Å². The van der Waals surface area contributed by atoms with E-state index in [-0.39, 0.29) is 5.41 Å². The molecule has 0 amide bonds. The second-order valence-corrected chi connectivity index (χ2v) is 8.63. The van der Waals surface area contributed by atoms with Crippen molar-refractivity contribution in [1.29, 1.82) is 0 Å². The molecule has 0 N–H and O–H groups in total. The Balaban J connectivity index is 1.76. The summed E-state index contributed by atoms with van der Waals surface area (Å²) in [5.74, 6) is 2.10. The zero-order valence-electron chi connectivity index (χ0n) is 14.9. The first-order valence-electron chi connectivity index (χ1n) is 9.42. The Morgan fingerprint density at radius 1 is 0.880 bits per heavy atom. The van der Waals surface area contributed by atoms with Gasteiger partial charge in [0, 0.05) is 29.6 Å². The van der Waals surface area contributed by atoms with Crippen LogP contribution in [0.4, 0.5) is 0 Å². The molecule has 3 aliphatic rings. The van der Waals surface area contributed by atoms with Gasteiger partial charge < -0.3 is 9.05 Å². The molecule has 2 aromatic rings. The molecule has 0 radical (unpaired) electrons. The van der Waals surface area contributed by atoms with Crippen LogP contribution in [0.25, 0.3) is 0 Å². The molecule has 1 spiro atoms. The molecule has 4 heteroatoms. The fourth-order valence-electron chi connectivity index (χ4n) is 5.01. The third-order valence-corrected chi connectivity index (χ3v) is 7.87. The molecule has 0 saturated carbocycles. The standard InChI is InChI=1S/C21H24NO2P/c1-3-22(4-2)25-23-17-9-5-7-15-11-13-21(19(15)17)14-12-16-8-6-10-18(24-25)20(16)21/h5-10H,3-4,11-14H2,1-2H3. The van der Waals surface area contributed by atoms with Crippen LogP contribution < -0.4 is 9.05 Å². The van der Waals surface area contributed by atoms with E-state index in [9.17, 15) is 0 Å². The molecular weight excluding hydrogens is 329 g/mol. The largest absolute Gasteiger partial charge is 0.427 e. The highest BCUT2D eigenvalue weighted by atomic mass is 31.2. The van der Waals surface area contributed by atoms with Crippen molar-refractivity contribution in [3.8, 4) is 11.5 Å². The van der Waals surface area contributed by atoms with Crippen molar-refractivity contribution in [2.24, 2.45) is 0 Å². The van der Waals surface area contributed by atoms with Gasteiger partial charge in [0.2, 0.25) is 0 Å². The maximum Gasteiger partial charge on any atom is 0.384 e. The predicted octanol–water partition coefficient (Wildman–Crippen LogP) is 5.21. The van der Waals surface area contributed by atoms with Crippen LogP contribution in [0.5, 0.6) is 11.5 Å². The second kappa shape index (κ2) is 5.72. The van der Waals surface area contributed by atoms with Crippen molar-refractivity contribution >= 4 is 8.53 Å². The van der Waals surface area contributed by atoms with Crippen molar-refractivity contribution in [2.45, 2.75) is 44.9 Å². The van der Waals surface area contributed by atoms with Crippen molar-refractivity contribution in [3.63, 3.8) is 0 Å². The Morgan fingerprint density at radius 2 is 1.40 bits per heavy atom. The van der Waals surface area contributed by atoms with Gasteiger partial charge in [-0.2, -0.15) is 0 Å².